The van der Waals surface area contributed by atoms with Crippen molar-refractivity contribution in [1.82, 2.24) is 9.97 Å². The maximum atomic E-state index is 12.1. The van der Waals surface area contributed by atoms with Gasteiger partial charge in [-0.1, -0.05) is 19.9 Å². The normalized spacial score (nSPS) is 11.2. The summed E-state index contributed by atoms with van der Waals surface area (Å²) in [6.45, 7) is 0.993. The zero-order valence-corrected chi connectivity index (χ0v) is 9.93. The molecule has 0 amide bonds. The second-order valence-corrected chi connectivity index (χ2v) is 3.96. The van der Waals surface area contributed by atoms with Crippen molar-refractivity contribution in [2.75, 3.05) is 0 Å². The fourth-order valence-corrected chi connectivity index (χ4v) is 1.38. The van der Waals surface area contributed by atoms with Crippen molar-refractivity contribution < 1.29 is 17.9 Å². The molecule has 0 fully saturated rings. The van der Waals surface area contributed by atoms with Crippen molar-refractivity contribution in [3.05, 3.63) is 30.3 Å². The predicted molar refractivity (Wildman–Crippen MR) is 60.5 cm³/mol. The van der Waals surface area contributed by atoms with Crippen LogP contribution in [0.4, 0.5) is 8.78 Å². The largest absolute Gasteiger partial charge is 0.439 e. The van der Waals surface area contributed by atoms with E-state index in [9.17, 15) is 8.78 Å². The van der Waals surface area contributed by atoms with Crippen molar-refractivity contribution in [2.24, 2.45) is 0 Å². The van der Waals surface area contributed by atoms with Gasteiger partial charge in [-0.3, -0.25) is 0 Å². The standard InChI is InChI=1S/C12H12F2N2O2/c1-7(2)11-15-6-9(17-11)8-4-3-5-10(16-8)18-12(13)14/h3-7,12H,1-2H3. The summed E-state index contributed by atoms with van der Waals surface area (Å²) in [6, 6.07) is 4.57. The maximum absolute atomic E-state index is 12.1. The maximum Gasteiger partial charge on any atom is 0.388 e. The number of oxazole rings is 1. The number of rotatable bonds is 4. The van der Waals surface area contributed by atoms with Crippen molar-refractivity contribution in [2.45, 2.75) is 26.4 Å². The van der Waals surface area contributed by atoms with Crippen LogP contribution in [0.2, 0.25) is 0 Å². The van der Waals surface area contributed by atoms with Crippen LogP contribution in [0.5, 0.6) is 5.88 Å². The van der Waals surface area contributed by atoms with Gasteiger partial charge < -0.3 is 9.15 Å². The van der Waals surface area contributed by atoms with E-state index >= 15 is 0 Å². The summed E-state index contributed by atoms with van der Waals surface area (Å²) in [6.07, 6.45) is 1.52. The zero-order chi connectivity index (χ0) is 13.1. The van der Waals surface area contributed by atoms with Gasteiger partial charge in [0.1, 0.15) is 5.69 Å². The Morgan fingerprint density at radius 1 is 1.28 bits per heavy atom. The third-order valence-electron chi connectivity index (χ3n) is 2.20. The van der Waals surface area contributed by atoms with Crippen LogP contribution in [0.3, 0.4) is 0 Å². The monoisotopic (exact) mass is 254 g/mol. The van der Waals surface area contributed by atoms with E-state index in [1.807, 2.05) is 13.8 Å². The average Bonchev–Trinajstić information content (AvgIpc) is 2.77. The van der Waals surface area contributed by atoms with E-state index in [1.54, 1.807) is 12.1 Å². The zero-order valence-electron chi connectivity index (χ0n) is 9.93. The number of halogens is 2. The SMILES string of the molecule is CC(C)c1ncc(-c2cccc(OC(F)F)n2)o1. The smallest absolute Gasteiger partial charge is 0.388 e. The highest BCUT2D eigenvalue weighted by Gasteiger charge is 2.12. The highest BCUT2D eigenvalue weighted by Crippen LogP contribution is 2.24. The van der Waals surface area contributed by atoms with Gasteiger partial charge in [0, 0.05) is 12.0 Å². The predicted octanol–water partition coefficient (Wildman–Crippen LogP) is 3.46. The van der Waals surface area contributed by atoms with E-state index in [2.05, 4.69) is 14.7 Å². The molecule has 18 heavy (non-hydrogen) atoms. The number of ether oxygens (including phenoxy) is 1. The van der Waals surface area contributed by atoms with Crippen LogP contribution >= 0.6 is 0 Å². The molecule has 0 aromatic carbocycles. The minimum atomic E-state index is -2.89. The molecule has 0 atom stereocenters. The van der Waals surface area contributed by atoms with Gasteiger partial charge in [-0.25, -0.2) is 9.97 Å². The second-order valence-electron chi connectivity index (χ2n) is 3.96. The molecular formula is C12H12F2N2O2. The Morgan fingerprint density at radius 2 is 2.06 bits per heavy atom. The van der Waals surface area contributed by atoms with Gasteiger partial charge in [0.15, 0.2) is 11.7 Å². The second kappa shape index (κ2) is 5.12. The molecule has 0 aliphatic carbocycles. The van der Waals surface area contributed by atoms with Crippen molar-refractivity contribution >= 4 is 0 Å². The van der Waals surface area contributed by atoms with Crippen molar-refractivity contribution in [3.8, 4) is 17.3 Å². The third-order valence-corrected chi connectivity index (χ3v) is 2.20. The van der Waals surface area contributed by atoms with E-state index < -0.39 is 6.61 Å². The summed E-state index contributed by atoms with van der Waals surface area (Å²) < 4.78 is 33.8. The average molecular weight is 254 g/mol. The van der Waals surface area contributed by atoms with Gasteiger partial charge >= 0.3 is 6.61 Å². The Morgan fingerprint density at radius 3 is 2.67 bits per heavy atom. The quantitative estimate of drug-likeness (QED) is 0.838. The molecule has 0 aliphatic rings. The number of nitrogens with zero attached hydrogens (tertiary/aromatic N) is 2. The van der Waals surface area contributed by atoms with E-state index in [4.69, 9.17) is 4.42 Å². The van der Waals surface area contributed by atoms with Crippen LogP contribution in [0.15, 0.2) is 28.8 Å². The molecule has 2 aromatic rings. The van der Waals surface area contributed by atoms with Gasteiger partial charge in [0.25, 0.3) is 0 Å². The lowest BCUT2D eigenvalue weighted by molar-refractivity contribution is -0.0527. The third kappa shape index (κ3) is 2.82. The summed E-state index contributed by atoms with van der Waals surface area (Å²) in [7, 11) is 0. The Labute approximate surface area is 103 Å². The molecule has 0 spiro atoms. The summed E-state index contributed by atoms with van der Waals surface area (Å²) in [5.41, 5.74) is 0.410. The molecule has 0 aliphatic heterocycles. The summed E-state index contributed by atoms with van der Waals surface area (Å²) >= 11 is 0. The first-order chi connectivity index (χ1) is 8.56. The van der Waals surface area contributed by atoms with Crippen molar-refractivity contribution in [1.29, 1.82) is 0 Å². The topological polar surface area (TPSA) is 48.2 Å². The number of hydrogen-bond donors (Lipinski definition) is 0. The van der Waals surface area contributed by atoms with Gasteiger partial charge in [0.2, 0.25) is 5.88 Å². The van der Waals surface area contributed by atoms with Crippen LogP contribution in [0, 0.1) is 0 Å². The van der Waals surface area contributed by atoms with E-state index in [0.29, 0.717) is 17.3 Å². The first-order valence-electron chi connectivity index (χ1n) is 5.44. The van der Waals surface area contributed by atoms with Gasteiger partial charge in [-0.05, 0) is 6.07 Å². The first kappa shape index (κ1) is 12.5. The lowest BCUT2D eigenvalue weighted by atomic mass is 10.2. The highest BCUT2D eigenvalue weighted by atomic mass is 19.3. The highest BCUT2D eigenvalue weighted by molar-refractivity contribution is 5.51. The first-order valence-corrected chi connectivity index (χ1v) is 5.44. The molecule has 96 valence electrons. The van der Waals surface area contributed by atoms with Crippen LogP contribution in [0.25, 0.3) is 11.5 Å². The Hall–Kier alpha value is -1.98. The summed E-state index contributed by atoms with van der Waals surface area (Å²) in [5.74, 6) is 1.01. The summed E-state index contributed by atoms with van der Waals surface area (Å²) in [4.78, 5) is 8.01. The lowest BCUT2D eigenvalue weighted by Gasteiger charge is -2.03. The van der Waals surface area contributed by atoms with E-state index in [1.165, 1.54) is 12.3 Å². The minimum Gasteiger partial charge on any atom is -0.439 e. The molecule has 2 heterocycles. The molecule has 0 N–H and O–H groups in total. The van der Waals surface area contributed by atoms with Crippen LogP contribution in [-0.2, 0) is 0 Å². The van der Waals surface area contributed by atoms with Crippen LogP contribution in [-0.4, -0.2) is 16.6 Å². The summed E-state index contributed by atoms with van der Waals surface area (Å²) in [5, 5.41) is 0. The molecule has 0 saturated carbocycles. The molecule has 2 aromatic heterocycles. The Bertz CT molecular complexity index is 526. The molecule has 2 rings (SSSR count). The Kier molecular flexibility index (Phi) is 3.55. The number of hydrogen-bond acceptors (Lipinski definition) is 4. The number of alkyl halides is 2. The molecule has 4 nitrogen and oxygen atoms in total. The molecule has 0 unspecified atom stereocenters. The van der Waals surface area contributed by atoms with Gasteiger partial charge in [0.05, 0.1) is 6.20 Å². The van der Waals surface area contributed by atoms with Crippen LogP contribution in [0.1, 0.15) is 25.7 Å². The van der Waals surface area contributed by atoms with Gasteiger partial charge in [-0.2, -0.15) is 8.78 Å². The molecule has 0 bridgehead atoms. The van der Waals surface area contributed by atoms with Crippen molar-refractivity contribution in [3.63, 3.8) is 0 Å². The lowest BCUT2D eigenvalue weighted by Crippen LogP contribution is -2.03. The molecular weight excluding hydrogens is 242 g/mol. The minimum absolute atomic E-state index is 0.148. The van der Waals surface area contributed by atoms with Crippen LogP contribution < -0.4 is 4.74 Å². The number of aromatic nitrogens is 2. The van der Waals surface area contributed by atoms with E-state index in [0.717, 1.165) is 0 Å². The molecule has 0 radical (unpaired) electrons. The fourth-order valence-electron chi connectivity index (χ4n) is 1.38. The Balaban J connectivity index is 2.26. The van der Waals surface area contributed by atoms with E-state index in [-0.39, 0.29) is 11.8 Å². The number of pyridine rings is 1. The fraction of sp³-hybridized carbons (Fsp3) is 0.333. The molecule has 6 heteroatoms. The molecule has 0 saturated heterocycles. The van der Waals surface area contributed by atoms with Gasteiger partial charge in [-0.15, -0.1) is 0 Å².